The van der Waals surface area contributed by atoms with Gasteiger partial charge in [-0.15, -0.1) is 0 Å². The molecule has 2 N–H and O–H groups in total. The molecule has 0 bridgehead atoms. The topological polar surface area (TPSA) is 79.9 Å². The Hall–Kier alpha value is -1.96. The van der Waals surface area contributed by atoms with E-state index < -0.39 is 6.04 Å². The molecular weight excluding hydrogens is 382 g/mol. The molecule has 7 nitrogen and oxygen atoms in total. The lowest BCUT2D eigenvalue weighted by Crippen LogP contribution is -2.55. The number of benzene rings is 1. The molecule has 0 saturated carbocycles. The number of ether oxygens (including phenoxy) is 1. The van der Waals surface area contributed by atoms with Crippen molar-refractivity contribution < 1.29 is 19.2 Å². The summed E-state index contributed by atoms with van der Waals surface area (Å²) < 4.78 is 5.68. The first-order valence-electron chi connectivity index (χ1n) is 11.1. The predicted molar refractivity (Wildman–Crippen MR) is 115 cm³/mol. The first-order chi connectivity index (χ1) is 14.5. The third kappa shape index (κ3) is 5.39. The van der Waals surface area contributed by atoms with E-state index in [4.69, 9.17) is 9.57 Å². The maximum Gasteiger partial charge on any atom is 0.269 e. The van der Waals surface area contributed by atoms with E-state index in [1.165, 1.54) is 5.06 Å². The molecule has 2 fully saturated rings. The summed E-state index contributed by atoms with van der Waals surface area (Å²) in [6.07, 6.45) is 3.68. The van der Waals surface area contributed by atoms with Crippen molar-refractivity contribution in [1.82, 2.24) is 15.7 Å². The van der Waals surface area contributed by atoms with E-state index >= 15 is 0 Å². The molecule has 0 aliphatic carbocycles. The van der Waals surface area contributed by atoms with Gasteiger partial charge in [-0.05, 0) is 37.8 Å². The average Bonchev–Trinajstić information content (AvgIpc) is 3.32. The van der Waals surface area contributed by atoms with E-state index in [2.05, 4.69) is 10.6 Å². The maximum absolute atomic E-state index is 13.3. The summed E-state index contributed by atoms with van der Waals surface area (Å²) in [5.74, 6) is -0.939. The zero-order valence-corrected chi connectivity index (χ0v) is 18.3. The van der Waals surface area contributed by atoms with Gasteiger partial charge in [0, 0.05) is 25.6 Å². The highest BCUT2D eigenvalue weighted by Crippen LogP contribution is 2.24. The average molecular weight is 418 g/mol. The largest absolute Gasteiger partial charge is 0.379 e. The first-order valence-corrected chi connectivity index (χ1v) is 11.1. The summed E-state index contributed by atoms with van der Waals surface area (Å²) in [6, 6.07) is 9.26. The molecule has 7 heteroatoms. The smallest absolute Gasteiger partial charge is 0.269 e. The summed E-state index contributed by atoms with van der Waals surface area (Å²) in [4.78, 5) is 32.1. The predicted octanol–water partition coefficient (Wildman–Crippen LogP) is 2.23. The number of nitrogens with zero attached hydrogens (tertiary/aromatic N) is 1. The Kier molecular flexibility index (Phi) is 8.24. The van der Waals surface area contributed by atoms with Crippen molar-refractivity contribution >= 4 is 11.8 Å². The quantitative estimate of drug-likeness (QED) is 0.678. The number of methoxy groups -OCH3 is 1. The molecule has 3 rings (SSSR count). The van der Waals surface area contributed by atoms with E-state index in [9.17, 15) is 9.59 Å². The Morgan fingerprint density at radius 2 is 1.97 bits per heavy atom. The zero-order valence-electron chi connectivity index (χ0n) is 18.3. The molecule has 2 heterocycles. The van der Waals surface area contributed by atoms with Crippen molar-refractivity contribution in [3.63, 3.8) is 0 Å². The highest BCUT2D eigenvalue weighted by molar-refractivity contribution is 5.89. The van der Waals surface area contributed by atoms with Crippen LogP contribution in [-0.4, -0.2) is 61.9 Å². The number of rotatable bonds is 8. The van der Waals surface area contributed by atoms with Gasteiger partial charge in [-0.3, -0.25) is 14.4 Å². The number of hydroxylamine groups is 2. The summed E-state index contributed by atoms with van der Waals surface area (Å²) >= 11 is 0. The second-order valence-electron chi connectivity index (χ2n) is 8.36. The fraction of sp³-hybridized carbons (Fsp3) is 0.652. The Morgan fingerprint density at radius 3 is 2.57 bits per heavy atom. The van der Waals surface area contributed by atoms with Gasteiger partial charge in [0.05, 0.1) is 18.6 Å². The third-order valence-electron chi connectivity index (χ3n) is 6.31. The minimum Gasteiger partial charge on any atom is -0.379 e. The third-order valence-corrected chi connectivity index (χ3v) is 6.31. The highest BCUT2D eigenvalue weighted by atomic mass is 16.7. The molecule has 0 spiro atoms. The molecule has 2 amide bonds. The van der Waals surface area contributed by atoms with Gasteiger partial charge in [-0.25, -0.2) is 5.06 Å². The van der Waals surface area contributed by atoms with E-state index in [1.54, 1.807) is 7.11 Å². The minimum atomic E-state index is -0.700. The van der Waals surface area contributed by atoms with Crippen LogP contribution in [0, 0.1) is 5.92 Å². The zero-order chi connectivity index (χ0) is 21.5. The van der Waals surface area contributed by atoms with Crippen molar-refractivity contribution in [2.24, 2.45) is 5.92 Å². The molecule has 0 aromatic heterocycles. The second-order valence-corrected chi connectivity index (χ2v) is 8.36. The van der Waals surface area contributed by atoms with Gasteiger partial charge in [0.25, 0.3) is 5.91 Å². The van der Waals surface area contributed by atoms with Crippen molar-refractivity contribution in [1.29, 1.82) is 0 Å². The van der Waals surface area contributed by atoms with Gasteiger partial charge in [0.15, 0.2) is 0 Å². The fourth-order valence-electron chi connectivity index (χ4n) is 4.42. The van der Waals surface area contributed by atoms with E-state index in [1.807, 2.05) is 44.2 Å². The Bertz CT molecular complexity index is 687. The summed E-state index contributed by atoms with van der Waals surface area (Å²) in [5, 5.41) is 7.87. The number of carbonyl (C=O) groups excluding carboxylic acids is 2. The second kappa shape index (κ2) is 10.9. The lowest BCUT2D eigenvalue weighted by molar-refractivity contribution is -0.200. The van der Waals surface area contributed by atoms with Gasteiger partial charge in [-0.2, -0.15) is 0 Å². The molecule has 5 atom stereocenters. The number of hydrogen-bond donors (Lipinski definition) is 2. The molecule has 2 aliphatic heterocycles. The number of amides is 2. The van der Waals surface area contributed by atoms with Gasteiger partial charge < -0.3 is 15.4 Å². The number of hydrogen-bond acceptors (Lipinski definition) is 5. The van der Waals surface area contributed by atoms with Crippen LogP contribution in [0.25, 0.3) is 0 Å². The lowest BCUT2D eigenvalue weighted by Gasteiger charge is -2.34. The van der Waals surface area contributed by atoms with Crippen molar-refractivity contribution in [2.75, 3.05) is 26.8 Å². The Labute approximate surface area is 179 Å². The molecular formula is C23H35N3O4. The van der Waals surface area contributed by atoms with Crippen LogP contribution in [0.15, 0.2) is 30.3 Å². The standard InChI is InChI=1S/C23H35N3O4/c1-16(18-10-5-4-6-11-18)20(23(28)26-14-7-8-15-30-26)25-22(27)17(2)21(29-3)19-12-9-13-24-19/h4-6,10-11,16-17,19-21,24H,7-9,12-15H2,1-3H3,(H,25,27)/t16-,17-,19+,20+,21-/m1/s1. The monoisotopic (exact) mass is 417 g/mol. The van der Waals surface area contributed by atoms with Gasteiger partial charge in [0.1, 0.15) is 6.04 Å². The van der Waals surface area contributed by atoms with Crippen LogP contribution in [0.2, 0.25) is 0 Å². The van der Waals surface area contributed by atoms with E-state index in [0.29, 0.717) is 13.2 Å². The minimum absolute atomic E-state index is 0.155. The maximum atomic E-state index is 13.3. The molecule has 2 saturated heterocycles. The van der Waals surface area contributed by atoms with Gasteiger partial charge in [-0.1, -0.05) is 44.2 Å². The molecule has 0 radical (unpaired) electrons. The van der Waals surface area contributed by atoms with E-state index in [0.717, 1.165) is 37.8 Å². The van der Waals surface area contributed by atoms with Crippen LogP contribution in [-0.2, 0) is 19.2 Å². The Morgan fingerprint density at radius 1 is 1.20 bits per heavy atom. The normalized spacial score (nSPS) is 23.4. The SMILES string of the molecule is CO[C@@H]([C@@H]1CCCN1)[C@@H](C)C(=O)N[C@H](C(=O)N1CCCCO1)[C@H](C)c1ccccc1. The van der Waals surface area contributed by atoms with E-state index in [-0.39, 0.29) is 35.8 Å². The van der Waals surface area contributed by atoms with Crippen LogP contribution >= 0.6 is 0 Å². The molecule has 30 heavy (non-hydrogen) atoms. The van der Waals surface area contributed by atoms with Crippen molar-refractivity contribution in [3.05, 3.63) is 35.9 Å². The van der Waals surface area contributed by atoms with Crippen LogP contribution in [0.4, 0.5) is 0 Å². The van der Waals surface area contributed by atoms with Crippen LogP contribution in [0.5, 0.6) is 0 Å². The molecule has 1 aromatic carbocycles. The molecule has 2 aliphatic rings. The van der Waals surface area contributed by atoms with Crippen molar-refractivity contribution in [2.45, 2.75) is 63.6 Å². The fourth-order valence-corrected chi connectivity index (χ4v) is 4.42. The van der Waals surface area contributed by atoms with Gasteiger partial charge >= 0.3 is 0 Å². The molecule has 1 aromatic rings. The molecule has 166 valence electrons. The lowest BCUT2D eigenvalue weighted by atomic mass is 9.90. The van der Waals surface area contributed by atoms with Crippen molar-refractivity contribution in [3.8, 4) is 0 Å². The summed E-state index contributed by atoms with van der Waals surface area (Å²) in [6.45, 7) is 5.86. The highest BCUT2D eigenvalue weighted by Gasteiger charge is 2.37. The molecule has 0 unspecified atom stereocenters. The number of carbonyl (C=O) groups is 2. The first kappa shape index (κ1) is 22.7. The number of nitrogens with one attached hydrogen (secondary N) is 2. The summed E-state index contributed by atoms with van der Waals surface area (Å²) in [5.41, 5.74) is 1.00. The summed E-state index contributed by atoms with van der Waals surface area (Å²) in [7, 11) is 1.64. The van der Waals surface area contributed by atoms with Crippen LogP contribution in [0.3, 0.4) is 0 Å². The van der Waals surface area contributed by atoms with Crippen LogP contribution in [0.1, 0.15) is 51.0 Å². The van der Waals surface area contributed by atoms with Crippen LogP contribution < -0.4 is 10.6 Å². The Balaban J connectivity index is 1.76. The van der Waals surface area contributed by atoms with Gasteiger partial charge in [0.2, 0.25) is 5.91 Å².